The van der Waals surface area contributed by atoms with Crippen LogP contribution in [0.2, 0.25) is 0 Å². The highest BCUT2D eigenvalue weighted by atomic mass is 16.5. The molecular formula is C18H32N2O. The quantitative estimate of drug-likeness (QED) is 0.827. The van der Waals surface area contributed by atoms with Gasteiger partial charge in [-0.05, 0) is 12.1 Å². The summed E-state index contributed by atoms with van der Waals surface area (Å²) in [6.45, 7) is 14.7. The maximum absolute atomic E-state index is 5.24. The minimum Gasteiger partial charge on any atom is -0.378 e. The van der Waals surface area contributed by atoms with E-state index < -0.39 is 0 Å². The monoisotopic (exact) mass is 292 g/mol. The highest BCUT2D eigenvalue weighted by Crippen LogP contribution is 2.18. The molecule has 0 atom stereocenters. The molecule has 2 fully saturated rings. The van der Waals surface area contributed by atoms with E-state index >= 15 is 0 Å². The van der Waals surface area contributed by atoms with Crippen LogP contribution >= 0.6 is 0 Å². The van der Waals surface area contributed by atoms with Crippen LogP contribution in [-0.4, -0.2) is 50.3 Å². The molecule has 2 saturated heterocycles. The lowest BCUT2D eigenvalue weighted by Gasteiger charge is -2.43. The fraction of sp³-hybridized carbons (Fsp3) is 0.667. The molecule has 2 aliphatic rings. The minimum atomic E-state index is 0.693. The molecule has 3 nitrogen and oxygen atoms in total. The molecule has 2 heterocycles. The zero-order chi connectivity index (χ0) is 15.5. The summed E-state index contributed by atoms with van der Waals surface area (Å²) in [5, 5.41) is 0. The molecule has 0 bridgehead atoms. The van der Waals surface area contributed by atoms with E-state index in [4.69, 9.17) is 4.74 Å². The van der Waals surface area contributed by atoms with E-state index in [-0.39, 0.29) is 0 Å². The minimum absolute atomic E-state index is 0.693. The van der Waals surface area contributed by atoms with E-state index in [0.29, 0.717) is 6.04 Å². The summed E-state index contributed by atoms with van der Waals surface area (Å²) in [4.78, 5) is 5.03. The lowest BCUT2D eigenvalue weighted by atomic mass is 10.1. The van der Waals surface area contributed by atoms with Gasteiger partial charge < -0.3 is 9.64 Å². The Kier molecular flexibility index (Phi) is 9.11. The molecule has 1 aromatic rings. The standard InChI is InChI=1S/C13H18N2O.C3H8.C2H6/c1-2-4-12(5-3-1)14-6-8-15(9-7-14)13-10-16-11-13;1-3-2;1-2/h1-5,13H,6-11H2;3H2,1-2H3;1-2H3. The van der Waals surface area contributed by atoms with Crippen LogP contribution in [0.25, 0.3) is 0 Å². The van der Waals surface area contributed by atoms with Crippen molar-refractivity contribution in [1.29, 1.82) is 0 Å². The second-order valence-electron chi connectivity index (χ2n) is 5.26. The summed E-state index contributed by atoms with van der Waals surface area (Å²) in [6.07, 6.45) is 1.25. The zero-order valence-corrected chi connectivity index (χ0v) is 14.2. The van der Waals surface area contributed by atoms with Gasteiger partial charge in [0.25, 0.3) is 0 Å². The first-order valence-electron chi connectivity index (χ1n) is 8.47. The van der Waals surface area contributed by atoms with Crippen LogP contribution in [0.5, 0.6) is 0 Å². The first-order valence-corrected chi connectivity index (χ1v) is 8.47. The fourth-order valence-electron chi connectivity index (χ4n) is 2.42. The number of piperazine rings is 1. The molecule has 0 spiro atoms. The van der Waals surface area contributed by atoms with Crippen LogP contribution in [0.15, 0.2) is 30.3 Å². The van der Waals surface area contributed by atoms with Gasteiger partial charge in [0.05, 0.1) is 19.3 Å². The number of anilines is 1. The van der Waals surface area contributed by atoms with E-state index in [0.717, 1.165) is 26.3 Å². The molecular weight excluding hydrogens is 260 g/mol. The third-order valence-electron chi connectivity index (χ3n) is 3.57. The summed E-state index contributed by atoms with van der Waals surface area (Å²) >= 11 is 0. The second kappa shape index (κ2) is 10.6. The molecule has 0 aliphatic carbocycles. The molecule has 2 aliphatic heterocycles. The van der Waals surface area contributed by atoms with Crippen molar-refractivity contribution in [3.63, 3.8) is 0 Å². The van der Waals surface area contributed by atoms with Crippen LogP contribution in [0, 0.1) is 0 Å². The van der Waals surface area contributed by atoms with Gasteiger partial charge in [-0.15, -0.1) is 0 Å². The van der Waals surface area contributed by atoms with E-state index in [1.165, 1.54) is 25.2 Å². The maximum Gasteiger partial charge on any atom is 0.0645 e. The summed E-state index contributed by atoms with van der Waals surface area (Å²) in [7, 11) is 0. The molecule has 0 amide bonds. The first kappa shape index (κ1) is 18.0. The summed E-state index contributed by atoms with van der Waals surface area (Å²) in [5.41, 5.74) is 1.35. The van der Waals surface area contributed by atoms with Crippen LogP contribution in [0.3, 0.4) is 0 Å². The van der Waals surface area contributed by atoms with Crippen molar-refractivity contribution in [2.24, 2.45) is 0 Å². The van der Waals surface area contributed by atoms with Crippen LogP contribution in [0.1, 0.15) is 34.1 Å². The second-order valence-corrected chi connectivity index (χ2v) is 5.26. The van der Waals surface area contributed by atoms with Crippen molar-refractivity contribution in [3.05, 3.63) is 30.3 Å². The highest BCUT2D eigenvalue weighted by Gasteiger charge is 2.28. The van der Waals surface area contributed by atoms with Gasteiger partial charge in [0.2, 0.25) is 0 Å². The van der Waals surface area contributed by atoms with E-state index in [9.17, 15) is 0 Å². The number of hydrogen-bond donors (Lipinski definition) is 0. The molecule has 0 aromatic heterocycles. The molecule has 3 heteroatoms. The summed E-state index contributed by atoms with van der Waals surface area (Å²) < 4.78 is 5.24. The normalized spacial score (nSPS) is 18.8. The predicted octanol–water partition coefficient (Wildman–Crippen LogP) is 3.65. The van der Waals surface area contributed by atoms with Gasteiger partial charge in [-0.25, -0.2) is 0 Å². The molecule has 0 unspecified atom stereocenters. The summed E-state index contributed by atoms with van der Waals surface area (Å²) in [5.74, 6) is 0. The lowest BCUT2D eigenvalue weighted by Crippen LogP contribution is -2.56. The van der Waals surface area contributed by atoms with Gasteiger partial charge >= 0.3 is 0 Å². The van der Waals surface area contributed by atoms with Gasteiger partial charge in [-0.1, -0.05) is 52.3 Å². The number of para-hydroxylation sites is 1. The third-order valence-corrected chi connectivity index (χ3v) is 3.57. The van der Waals surface area contributed by atoms with Crippen molar-refractivity contribution in [1.82, 2.24) is 4.90 Å². The molecule has 0 N–H and O–H groups in total. The predicted molar refractivity (Wildman–Crippen MR) is 92.1 cm³/mol. The van der Waals surface area contributed by atoms with Gasteiger partial charge in [0.15, 0.2) is 0 Å². The molecule has 21 heavy (non-hydrogen) atoms. The Morgan fingerprint density at radius 1 is 0.952 bits per heavy atom. The Hall–Kier alpha value is -1.06. The van der Waals surface area contributed by atoms with Crippen LogP contribution in [-0.2, 0) is 4.74 Å². The topological polar surface area (TPSA) is 15.7 Å². The molecule has 1 aromatic carbocycles. The van der Waals surface area contributed by atoms with Gasteiger partial charge in [-0.2, -0.15) is 0 Å². The Bertz CT molecular complexity index is 343. The lowest BCUT2D eigenvalue weighted by molar-refractivity contribution is -0.0660. The average molecular weight is 292 g/mol. The highest BCUT2D eigenvalue weighted by molar-refractivity contribution is 5.46. The number of rotatable bonds is 2. The van der Waals surface area contributed by atoms with Gasteiger partial charge in [0.1, 0.15) is 0 Å². The van der Waals surface area contributed by atoms with Crippen molar-refractivity contribution >= 4 is 5.69 Å². The van der Waals surface area contributed by atoms with Gasteiger partial charge in [0, 0.05) is 31.9 Å². The SMILES string of the molecule is CC.CCC.c1ccc(N2CCN(C3COC3)CC2)cc1. The molecule has 0 radical (unpaired) electrons. The van der Waals surface area contributed by atoms with Gasteiger partial charge in [-0.3, -0.25) is 4.90 Å². The Labute approximate surface area is 130 Å². The smallest absolute Gasteiger partial charge is 0.0645 e. The Morgan fingerprint density at radius 2 is 1.48 bits per heavy atom. The van der Waals surface area contributed by atoms with Crippen LogP contribution < -0.4 is 4.90 Å². The van der Waals surface area contributed by atoms with Crippen molar-refractivity contribution in [3.8, 4) is 0 Å². The Morgan fingerprint density at radius 3 is 1.90 bits per heavy atom. The van der Waals surface area contributed by atoms with E-state index in [1.54, 1.807) is 0 Å². The maximum atomic E-state index is 5.24. The Balaban J connectivity index is 0.000000395. The van der Waals surface area contributed by atoms with Crippen LogP contribution in [0.4, 0.5) is 5.69 Å². The summed E-state index contributed by atoms with van der Waals surface area (Å²) in [6, 6.07) is 11.4. The number of hydrogen-bond acceptors (Lipinski definition) is 3. The van der Waals surface area contributed by atoms with Crippen molar-refractivity contribution < 1.29 is 4.74 Å². The van der Waals surface area contributed by atoms with E-state index in [1.807, 2.05) is 13.8 Å². The number of ether oxygens (including phenoxy) is 1. The first-order chi connectivity index (χ1) is 10.3. The molecule has 0 saturated carbocycles. The third kappa shape index (κ3) is 5.68. The molecule has 3 rings (SSSR count). The zero-order valence-electron chi connectivity index (χ0n) is 14.2. The number of nitrogens with zero attached hydrogens (tertiary/aromatic N) is 2. The fourth-order valence-corrected chi connectivity index (χ4v) is 2.42. The largest absolute Gasteiger partial charge is 0.378 e. The van der Waals surface area contributed by atoms with Crippen molar-refractivity contribution in [2.45, 2.75) is 40.2 Å². The van der Waals surface area contributed by atoms with E-state index in [2.05, 4.69) is 54.0 Å². The average Bonchev–Trinajstić information content (AvgIpc) is 2.50. The molecule has 120 valence electrons. The number of benzene rings is 1. The van der Waals surface area contributed by atoms with Crippen molar-refractivity contribution in [2.75, 3.05) is 44.3 Å².